The van der Waals surface area contributed by atoms with E-state index in [4.69, 9.17) is 23.2 Å². The third-order valence-corrected chi connectivity index (χ3v) is 2.47. The number of carboxylic acid groups (broad SMARTS) is 1. The molecule has 1 atom stereocenters. The molecule has 1 aromatic rings. The molecule has 0 aliphatic carbocycles. The molecule has 0 aromatic heterocycles. The van der Waals surface area contributed by atoms with E-state index < -0.39 is 12.0 Å². The molecule has 0 heterocycles. The smallest absolute Gasteiger partial charge is 0.152 e. The zero-order valence-corrected chi connectivity index (χ0v) is 8.10. The molecule has 1 aromatic carbocycles. The SMILES string of the molecule is [NH3+][C@H](C(=O)[O-])c1cccc(Cl)c1Cl. The van der Waals surface area contributed by atoms with Crippen molar-refractivity contribution >= 4 is 29.2 Å². The Morgan fingerprint density at radius 3 is 2.62 bits per heavy atom. The summed E-state index contributed by atoms with van der Waals surface area (Å²) < 4.78 is 0. The quantitative estimate of drug-likeness (QED) is 0.763. The second-order valence-corrected chi connectivity index (χ2v) is 3.30. The normalized spacial score (nSPS) is 12.5. The average molecular weight is 220 g/mol. The lowest BCUT2D eigenvalue weighted by molar-refractivity contribution is -0.443. The molecule has 70 valence electrons. The number of carbonyl (C=O) groups is 1. The highest BCUT2D eigenvalue weighted by molar-refractivity contribution is 6.42. The number of halogens is 2. The first kappa shape index (κ1) is 10.3. The fourth-order valence-corrected chi connectivity index (χ4v) is 1.36. The lowest BCUT2D eigenvalue weighted by Gasteiger charge is -2.11. The van der Waals surface area contributed by atoms with Gasteiger partial charge in [-0.3, -0.25) is 0 Å². The molecule has 0 saturated carbocycles. The lowest BCUT2D eigenvalue weighted by atomic mass is 10.1. The van der Waals surface area contributed by atoms with Crippen molar-refractivity contribution in [1.29, 1.82) is 0 Å². The second-order valence-electron chi connectivity index (χ2n) is 2.51. The Labute approximate surface area is 85.1 Å². The number of carbonyl (C=O) groups excluding carboxylic acids is 1. The van der Waals surface area contributed by atoms with Gasteiger partial charge in [0.25, 0.3) is 0 Å². The summed E-state index contributed by atoms with van der Waals surface area (Å²) in [6, 6.07) is 3.76. The molecule has 0 aliphatic heterocycles. The summed E-state index contributed by atoms with van der Waals surface area (Å²) in [5, 5.41) is 11.0. The largest absolute Gasteiger partial charge is 0.544 e. The van der Waals surface area contributed by atoms with Crippen LogP contribution in [0.3, 0.4) is 0 Å². The van der Waals surface area contributed by atoms with Crippen LogP contribution in [0.15, 0.2) is 18.2 Å². The van der Waals surface area contributed by atoms with Gasteiger partial charge in [-0.1, -0.05) is 35.3 Å². The van der Waals surface area contributed by atoms with Crippen molar-refractivity contribution in [3.05, 3.63) is 33.8 Å². The standard InChI is InChI=1S/C8H7Cl2NO2/c9-5-3-1-2-4(6(5)10)7(11)8(12)13/h1-3,7H,11H2,(H,12,13)/t7-/m0/s1. The fraction of sp³-hybridized carbons (Fsp3) is 0.125. The molecule has 0 saturated heterocycles. The van der Waals surface area contributed by atoms with E-state index in [-0.39, 0.29) is 5.02 Å². The van der Waals surface area contributed by atoms with Gasteiger partial charge in [0.15, 0.2) is 6.04 Å². The highest BCUT2D eigenvalue weighted by atomic mass is 35.5. The molecule has 0 bridgehead atoms. The Hall–Kier alpha value is -0.770. The maximum atomic E-state index is 10.5. The number of hydrogen-bond acceptors (Lipinski definition) is 2. The van der Waals surface area contributed by atoms with E-state index in [1.54, 1.807) is 18.2 Å². The molecule has 0 radical (unpaired) electrons. The van der Waals surface area contributed by atoms with Gasteiger partial charge in [0.2, 0.25) is 0 Å². The third kappa shape index (κ3) is 2.12. The first-order valence-corrected chi connectivity index (χ1v) is 4.27. The maximum Gasteiger partial charge on any atom is 0.152 e. The van der Waals surface area contributed by atoms with Crippen LogP contribution in [0.5, 0.6) is 0 Å². The third-order valence-electron chi connectivity index (χ3n) is 1.64. The van der Waals surface area contributed by atoms with E-state index in [2.05, 4.69) is 5.73 Å². The highest BCUT2D eigenvalue weighted by Crippen LogP contribution is 2.27. The lowest BCUT2D eigenvalue weighted by Crippen LogP contribution is -2.61. The van der Waals surface area contributed by atoms with Gasteiger partial charge in [-0.15, -0.1) is 0 Å². The predicted octanol–water partition coefficient (Wildman–Crippen LogP) is 0.0263. The molecule has 3 N–H and O–H groups in total. The van der Waals surface area contributed by atoms with Crippen LogP contribution >= 0.6 is 23.2 Å². The maximum absolute atomic E-state index is 10.5. The second kappa shape index (κ2) is 3.96. The zero-order chi connectivity index (χ0) is 10.0. The molecule has 3 nitrogen and oxygen atoms in total. The van der Waals surface area contributed by atoms with Gasteiger partial charge in [-0.05, 0) is 6.07 Å². The van der Waals surface area contributed by atoms with E-state index in [1.165, 1.54) is 0 Å². The van der Waals surface area contributed by atoms with Gasteiger partial charge in [-0.2, -0.15) is 0 Å². The van der Waals surface area contributed by atoms with Gasteiger partial charge < -0.3 is 15.6 Å². The van der Waals surface area contributed by atoms with Crippen molar-refractivity contribution in [3.63, 3.8) is 0 Å². The van der Waals surface area contributed by atoms with Crippen LogP contribution in [0, 0.1) is 0 Å². The summed E-state index contributed by atoms with van der Waals surface area (Å²) in [4.78, 5) is 10.5. The minimum atomic E-state index is -1.27. The number of aliphatic carboxylic acids is 1. The first-order valence-electron chi connectivity index (χ1n) is 3.52. The number of rotatable bonds is 2. The summed E-state index contributed by atoms with van der Waals surface area (Å²) in [5.41, 5.74) is 3.77. The zero-order valence-electron chi connectivity index (χ0n) is 6.59. The van der Waals surface area contributed by atoms with E-state index in [1.807, 2.05) is 0 Å². The van der Waals surface area contributed by atoms with Crippen LogP contribution in [-0.2, 0) is 4.79 Å². The highest BCUT2D eigenvalue weighted by Gasteiger charge is 2.15. The number of hydrogen-bond donors (Lipinski definition) is 1. The molecule has 0 aliphatic rings. The monoisotopic (exact) mass is 219 g/mol. The van der Waals surface area contributed by atoms with E-state index >= 15 is 0 Å². The van der Waals surface area contributed by atoms with Crippen LogP contribution in [0.4, 0.5) is 0 Å². The summed E-state index contributed by atoms with van der Waals surface area (Å²) in [6.45, 7) is 0. The van der Waals surface area contributed by atoms with Gasteiger partial charge >= 0.3 is 0 Å². The molecule has 0 amide bonds. The molecular formula is C8H7Cl2NO2. The van der Waals surface area contributed by atoms with Crippen LogP contribution < -0.4 is 10.8 Å². The minimum absolute atomic E-state index is 0.216. The number of carboxylic acids is 1. The predicted molar refractivity (Wildman–Crippen MR) is 47.1 cm³/mol. The van der Waals surface area contributed by atoms with Gasteiger partial charge in [0, 0.05) is 5.56 Å². The minimum Gasteiger partial charge on any atom is -0.544 e. The van der Waals surface area contributed by atoms with Crippen molar-refractivity contribution in [2.45, 2.75) is 6.04 Å². The molecule has 1 rings (SSSR count). The number of quaternary nitrogens is 1. The summed E-state index contributed by atoms with van der Waals surface area (Å²) in [6.07, 6.45) is 0. The Kier molecular flexibility index (Phi) is 3.14. The molecule has 0 unspecified atom stereocenters. The van der Waals surface area contributed by atoms with Crippen molar-refractivity contribution in [1.82, 2.24) is 0 Å². The first-order chi connectivity index (χ1) is 6.04. The van der Waals surface area contributed by atoms with Crippen molar-refractivity contribution < 1.29 is 15.6 Å². The van der Waals surface area contributed by atoms with E-state index in [9.17, 15) is 9.90 Å². The molecule has 5 heteroatoms. The Morgan fingerprint density at radius 1 is 1.46 bits per heavy atom. The fourth-order valence-electron chi connectivity index (χ4n) is 0.917. The molecular weight excluding hydrogens is 213 g/mol. The molecule has 13 heavy (non-hydrogen) atoms. The summed E-state index contributed by atoms with van der Waals surface area (Å²) in [7, 11) is 0. The summed E-state index contributed by atoms with van der Waals surface area (Å²) >= 11 is 11.5. The van der Waals surface area contributed by atoms with Crippen LogP contribution in [0.2, 0.25) is 10.0 Å². The van der Waals surface area contributed by atoms with Crippen molar-refractivity contribution in [2.75, 3.05) is 0 Å². The van der Waals surface area contributed by atoms with Gasteiger partial charge in [0.05, 0.1) is 10.0 Å². The van der Waals surface area contributed by atoms with Crippen molar-refractivity contribution in [2.24, 2.45) is 0 Å². The average Bonchev–Trinajstić information content (AvgIpc) is 2.08. The van der Waals surface area contributed by atoms with Crippen LogP contribution in [0.25, 0.3) is 0 Å². The molecule has 0 fully saturated rings. The van der Waals surface area contributed by atoms with E-state index in [0.717, 1.165) is 0 Å². The Balaban J connectivity index is 3.15. The Bertz CT molecular complexity index is 341. The van der Waals surface area contributed by atoms with Crippen LogP contribution in [-0.4, -0.2) is 5.97 Å². The van der Waals surface area contributed by atoms with E-state index in [0.29, 0.717) is 10.6 Å². The van der Waals surface area contributed by atoms with Crippen molar-refractivity contribution in [3.8, 4) is 0 Å². The van der Waals surface area contributed by atoms with Gasteiger partial charge in [-0.25, -0.2) is 0 Å². The Morgan fingerprint density at radius 2 is 2.08 bits per heavy atom. The molecule has 0 spiro atoms. The number of benzene rings is 1. The van der Waals surface area contributed by atoms with Crippen LogP contribution in [0.1, 0.15) is 11.6 Å². The summed E-state index contributed by atoms with van der Waals surface area (Å²) in [5.74, 6) is -1.27. The van der Waals surface area contributed by atoms with Gasteiger partial charge in [0.1, 0.15) is 5.97 Å². The topological polar surface area (TPSA) is 67.8 Å².